The van der Waals surface area contributed by atoms with Crippen LogP contribution in [0.3, 0.4) is 0 Å². The summed E-state index contributed by atoms with van der Waals surface area (Å²) in [6.45, 7) is 3.72. The Morgan fingerprint density at radius 2 is 2.15 bits per heavy atom. The minimum atomic E-state index is -0.736. The van der Waals surface area contributed by atoms with Gasteiger partial charge in [0.15, 0.2) is 6.10 Å². The molecule has 7 heteroatoms. The molecule has 1 N–H and O–H groups in total. The molecule has 0 unspecified atom stereocenters. The zero-order valence-corrected chi connectivity index (χ0v) is 16.2. The van der Waals surface area contributed by atoms with E-state index < -0.39 is 6.10 Å². The molecule has 26 heavy (non-hydrogen) atoms. The van der Waals surface area contributed by atoms with Gasteiger partial charge in [-0.1, -0.05) is 17.7 Å². The van der Waals surface area contributed by atoms with E-state index in [0.29, 0.717) is 27.9 Å². The summed E-state index contributed by atoms with van der Waals surface area (Å²) in [5.74, 6) is -0.194. The van der Waals surface area contributed by atoms with Gasteiger partial charge in [-0.3, -0.25) is 4.79 Å². The molecule has 5 nitrogen and oxygen atoms in total. The molecule has 138 valence electrons. The Bertz CT molecular complexity index is 833. The van der Waals surface area contributed by atoms with Crippen molar-refractivity contribution in [1.29, 1.82) is 0 Å². The van der Waals surface area contributed by atoms with Gasteiger partial charge in [0.25, 0.3) is 5.91 Å². The van der Waals surface area contributed by atoms with Crippen molar-refractivity contribution < 1.29 is 19.1 Å². The molecule has 0 saturated carbocycles. The molecule has 1 amide bonds. The lowest BCUT2D eigenvalue weighted by molar-refractivity contribution is -0.122. The van der Waals surface area contributed by atoms with E-state index >= 15 is 0 Å². The Kier molecular flexibility index (Phi) is 5.84. The number of nitrogens with one attached hydrogen (secondary N) is 1. The predicted octanol–water partition coefficient (Wildman–Crippen LogP) is 4.47. The second-order valence-corrected chi connectivity index (χ2v) is 7.53. The molecule has 2 aromatic rings. The normalized spacial score (nSPS) is 13.8. The van der Waals surface area contributed by atoms with Crippen molar-refractivity contribution in [3.8, 4) is 5.75 Å². The van der Waals surface area contributed by atoms with Crippen LogP contribution >= 0.6 is 22.9 Å². The Balaban J connectivity index is 1.75. The summed E-state index contributed by atoms with van der Waals surface area (Å²) in [6.07, 6.45) is 2.05. The van der Waals surface area contributed by atoms with Crippen molar-refractivity contribution in [3.63, 3.8) is 0 Å². The lowest BCUT2D eigenvalue weighted by atomic mass is 10.1. The van der Waals surface area contributed by atoms with E-state index in [9.17, 15) is 9.59 Å². The van der Waals surface area contributed by atoms with E-state index in [1.165, 1.54) is 11.3 Å². The molecular weight excluding hydrogens is 374 g/mol. The van der Waals surface area contributed by atoms with Crippen molar-refractivity contribution in [3.05, 3.63) is 45.3 Å². The summed E-state index contributed by atoms with van der Waals surface area (Å²) >= 11 is 7.38. The van der Waals surface area contributed by atoms with E-state index in [2.05, 4.69) is 5.32 Å². The number of anilines is 1. The van der Waals surface area contributed by atoms with E-state index in [-0.39, 0.29) is 11.9 Å². The van der Waals surface area contributed by atoms with Gasteiger partial charge in [0.1, 0.15) is 10.8 Å². The second kappa shape index (κ2) is 8.10. The molecule has 0 spiro atoms. The number of ether oxygens (including phenoxy) is 2. The van der Waals surface area contributed by atoms with Gasteiger partial charge in [0, 0.05) is 9.90 Å². The van der Waals surface area contributed by atoms with E-state index in [4.69, 9.17) is 21.1 Å². The fourth-order valence-corrected chi connectivity index (χ4v) is 4.38. The number of rotatable bonds is 6. The number of halogens is 1. The van der Waals surface area contributed by atoms with Crippen molar-refractivity contribution in [2.75, 3.05) is 11.9 Å². The first-order chi connectivity index (χ1) is 12.5. The molecule has 1 aliphatic rings. The molecule has 0 bridgehead atoms. The molecule has 0 fully saturated rings. The number of amides is 1. The SMILES string of the molecule is CCOC(=O)c1c(NC(=O)[C@H](C)Oc2cccc(Cl)c2)sc2c1CCC2. The predicted molar refractivity (Wildman–Crippen MR) is 102 cm³/mol. The van der Waals surface area contributed by atoms with Crippen LogP contribution in [0.25, 0.3) is 0 Å². The summed E-state index contributed by atoms with van der Waals surface area (Å²) in [7, 11) is 0. The van der Waals surface area contributed by atoms with E-state index in [0.717, 1.165) is 29.7 Å². The first kappa shape index (κ1) is 18.7. The van der Waals surface area contributed by atoms with Crippen LogP contribution in [-0.2, 0) is 22.4 Å². The molecule has 0 saturated heterocycles. The molecule has 1 aromatic carbocycles. The van der Waals surface area contributed by atoms with E-state index in [1.807, 2.05) is 0 Å². The van der Waals surface area contributed by atoms with Crippen LogP contribution in [0.2, 0.25) is 5.02 Å². The molecule has 1 aromatic heterocycles. The number of aryl methyl sites for hydroxylation is 1. The van der Waals surface area contributed by atoms with Gasteiger partial charge < -0.3 is 14.8 Å². The zero-order chi connectivity index (χ0) is 18.7. The largest absolute Gasteiger partial charge is 0.481 e. The lowest BCUT2D eigenvalue weighted by Crippen LogP contribution is -2.30. The van der Waals surface area contributed by atoms with Crippen LogP contribution in [-0.4, -0.2) is 24.6 Å². The number of esters is 1. The van der Waals surface area contributed by atoms with Crippen molar-refractivity contribution >= 4 is 39.8 Å². The van der Waals surface area contributed by atoms with Crippen LogP contribution in [0.1, 0.15) is 41.1 Å². The maximum atomic E-state index is 12.5. The van der Waals surface area contributed by atoms with Crippen LogP contribution in [0.4, 0.5) is 5.00 Å². The van der Waals surface area contributed by atoms with Gasteiger partial charge in [-0.2, -0.15) is 0 Å². The number of hydrogen-bond acceptors (Lipinski definition) is 5. The number of thiophene rings is 1. The Labute approximate surface area is 161 Å². The maximum absolute atomic E-state index is 12.5. The van der Waals surface area contributed by atoms with Crippen LogP contribution < -0.4 is 10.1 Å². The summed E-state index contributed by atoms with van der Waals surface area (Å²) in [5, 5.41) is 3.91. The van der Waals surface area contributed by atoms with Crippen LogP contribution in [0, 0.1) is 0 Å². The highest BCUT2D eigenvalue weighted by Crippen LogP contribution is 2.39. The Hall–Kier alpha value is -2.05. The first-order valence-corrected chi connectivity index (χ1v) is 9.73. The van der Waals surface area contributed by atoms with Crippen molar-refractivity contribution in [2.24, 2.45) is 0 Å². The average molecular weight is 394 g/mol. The molecule has 0 aliphatic heterocycles. The summed E-state index contributed by atoms with van der Waals surface area (Å²) in [5.41, 5.74) is 1.50. The van der Waals surface area contributed by atoms with Gasteiger partial charge in [-0.25, -0.2) is 4.79 Å². The van der Waals surface area contributed by atoms with Gasteiger partial charge in [0.2, 0.25) is 0 Å². The maximum Gasteiger partial charge on any atom is 0.341 e. The highest BCUT2D eigenvalue weighted by molar-refractivity contribution is 7.17. The lowest BCUT2D eigenvalue weighted by Gasteiger charge is -2.15. The number of benzene rings is 1. The molecule has 1 aliphatic carbocycles. The van der Waals surface area contributed by atoms with Gasteiger partial charge in [-0.15, -0.1) is 11.3 Å². The van der Waals surface area contributed by atoms with Crippen molar-refractivity contribution in [1.82, 2.24) is 0 Å². The zero-order valence-electron chi connectivity index (χ0n) is 14.6. The quantitative estimate of drug-likeness (QED) is 0.735. The molecule has 1 heterocycles. The molecule has 3 rings (SSSR count). The average Bonchev–Trinajstić information content (AvgIpc) is 3.15. The van der Waals surface area contributed by atoms with Crippen LogP contribution in [0.15, 0.2) is 24.3 Å². The third-order valence-electron chi connectivity index (χ3n) is 4.12. The van der Waals surface area contributed by atoms with E-state index in [1.54, 1.807) is 38.1 Å². The summed E-state index contributed by atoms with van der Waals surface area (Å²) < 4.78 is 10.8. The second-order valence-electron chi connectivity index (χ2n) is 5.99. The third-order valence-corrected chi connectivity index (χ3v) is 5.56. The van der Waals surface area contributed by atoms with Crippen molar-refractivity contribution in [2.45, 2.75) is 39.2 Å². The van der Waals surface area contributed by atoms with Crippen LogP contribution in [0.5, 0.6) is 5.75 Å². The summed E-state index contributed by atoms with van der Waals surface area (Å²) in [6, 6.07) is 6.87. The van der Waals surface area contributed by atoms with Gasteiger partial charge in [-0.05, 0) is 56.9 Å². The minimum Gasteiger partial charge on any atom is -0.481 e. The first-order valence-electron chi connectivity index (χ1n) is 8.54. The molecule has 1 atom stereocenters. The van der Waals surface area contributed by atoms with Gasteiger partial charge >= 0.3 is 5.97 Å². The standard InChI is InChI=1S/C19H20ClNO4S/c1-3-24-19(23)16-14-8-5-9-15(14)26-18(16)21-17(22)11(2)25-13-7-4-6-12(20)10-13/h4,6-7,10-11H,3,5,8-9H2,1-2H3,(H,21,22)/t11-/m0/s1. The number of hydrogen-bond donors (Lipinski definition) is 1. The highest BCUT2D eigenvalue weighted by atomic mass is 35.5. The molecular formula is C19H20ClNO4S. The smallest absolute Gasteiger partial charge is 0.341 e. The Morgan fingerprint density at radius 3 is 2.88 bits per heavy atom. The minimum absolute atomic E-state index is 0.297. The number of carbonyl (C=O) groups excluding carboxylic acids is 2. The highest BCUT2D eigenvalue weighted by Gasteiger charge is 2.29. The number of carbonyl (C=O) groups is 2. The fraction of sp³-hybridized carbons (Fsp3) is 0.368. The number of fused-ring (bicyclic) bond motifs is 1. The third kappa shape index (κ3) is 4.02. The Morgan fingerprint density at radius 1 is 1.35 bits per heavy atom. The molecule has 0 radical (unpaired) electrons. The monoisotopic (exact) mass is 393 g/mol. The fourth-order valence-electron chi connectivity index (χ4n) is 2.92. The summed E-state index contributed by atoms with van der Waals surface area (Å²) in [4.78, 5) is 26.0. The topological polar surface area (TPSA) is 64.6 Å². The van der Waals surface area contributed by atoms with Gasteiger partial charge in [0.05, 0.1) is 12.2 Å².